The van der Waals surface area contributed by atoms with Gasteiger partial charge in [0.2, 0.25) is 0 Å². The minimum atomic E-state index is -0.273. The van der Waals surface area contributed by atoms with Crippen LogP contribution in [0.3, 0.4) is 0 Å². The van der Waals surface area contributed by atoms with Crippen molar-refractivity contribution < 1.29 is 14.0 Å². The molecule has 0 radical (unpaired) electrons. The molecule has 0 atom stereocenters. The molecule has 0 spiro atoms. The predicted octanol–water partition coefficient (Wildman–Crippen LogP) is 4.91. The van der Waals surface area contributed by atoms with Gasteiger partial charge >= 0.3 is 0 Å². The molecule has 1 fully saturated rings. The van der Waals surface area contributed by atoms with Crippen LogP contribution in [0, 0.1) is 11.7 Å². The van der Waals surface area contributed by atoms with Crippen molar-refractivity contribution >= 4 is 23.1 Å². The molecule has 1 amide bonds. The summed E-state index contributed by atoms with van der Waals surface area (Å²) in [4.78, 5) is 26.0. The Labute approximate surface area is 170 Å². The fourth-order valence-corrected chi connectivity index (χ4v) is 3.73. The second-order valence-corrected chi connectivity index (χ2v) is 7.07. The van der Waals surface area contributed by atoms with Crippen LogP contribution in [0.25, 0.3) is 10.9 Å². The van der Waals surface area contributed by atoms with Crippen molar-refractivity contribution in [2.75, 3.05) is 13.1 Å². The molecule has 1 aliphatic rings. The average Bonchev–Trinajstić information content (AvgIpc) is 3.14. The highest BCUT2D eigenvalue weighted by Gasteiger charge is 2.26. The Balaban J connectivity index is 0.00000117. The first-order valence-corrected chi connectivity index (χ1v) is 10.2. The van der Waals surface area contributed by atoms with Crippen molar-refractivity contribution in [3.63, 3.8) is 0 Å². The zero-order valence-corrected chi connectivity index (χ0v) is 17.0. The highest BCUT2D eigenvalue weighted by molar-refractivity contribution is 5.99. The molecule has 5 heteroatoms. The third kappa shape index (κ3) is 4.56. The first-order valence-electron chi connectivity index (χ1n) is 10.2. The number of benzene rings is 2. The molecular formula is C24H27FN2O2. The quantitative estimate of drug-likeness (QED) is 0.590. The van der Waals surface area contributed by atoms with E-state index in [1.54, 1.807) is 12.1 Å². The van der Waals surface area contributed by atoms with Gasteiger partial charge in [-0.05, 0) is 42.7 Å². The second kappa shape index (κ2) is 9.50. The molecule has 1 saturated heterocycles. The van der Waals surface area contributed by atoms with E-state index in [1.807, 2.05) is 53.6 Å². The van der Waals surface area contributed by atoms with Gasteiger partial charge in [0, 0.05) is 36.5 Å². The third-order valence-corrected chi connectivity index (χ3v) is 5.30. The van der Waals surface area contributed by atoms with Crippen LogP contribution in [-0.2, 0) is 11.3 Å². The van der Waals surface area contributed by atoms with E-state index in [0.717, 1.165) is 22.8 Å². The Kier molecular flexibility index (Phi) is 6.81. The smallest absolute Gasteiger partial charge is 0.270 e. The molecule has 4 nitrogen and oxygen atoms in total. The molecule has 4 rings (SSSR count). The van der Waals surface area contributed by atoms with Gasteiger partial charge in [0.15, 0.2) is 0 Å². The maximum atomic E-state index is 13.2. The number of nitrogens with zero attached hydrogens (tertiary/aromatic N) is 2. The van der Waals surface area contributed by atoms with Crippen LogP contribution in [0.2, 0.25) is 0 Å². The van der Waals surface area contributed by atoms with E-state index >= 15 is 0 Å². The normalized spacial score (nSPS) is 14.4. The number of aromatic nitrogens is 1. The molecule has 0 bridgehead atoms. The van der Waals surface area contributed by atoms with E-state index in [-0.39, 0.29) is 17.6 Å². The van der Waals surface area contributed by atoms with Gasteiger partial charge in [0.05, 0.1) is 0 Å². The monoisotopic (exact) mass is 394 g/mol. The van der Waals surface area contributed by atoms with Gasteiger partial charge in [-0.2, -0.15) is 0 Å². The summed E-state index contributed by atoms with van der Waals surface area (Å²) in [5, 5.41) is 1.01. The third-order valence-electron chi connectivity index (χ3n) is 5.30. The Morgan fingerprint density at radius 2 is 1.72 bits per heavy atom. The molecule has 0 unspecified atom stereocenters. The number of amides is 1. The number of halogens is 1. The Morgan fingerprint density at radius 3 is 2.38 bits per heavy atom. The SMILES string of the molecule is CC.O=CC1CCN(C(=O)c2cc3ccccc3n2Cc2ccc(F)cc2)CC1. The summed E-state index contributed by atoms with van der Waals surface area (Å²) < 4.78 is 15.2. The van der Waals surface area contributed by atoms with Crippen LogP contribution < -0.4 is 0 Å². The van der Waals surface area contributed by atoms with E-state index in [4.69, 9.17) is 0 Å². The summed E-state index contributed by atoms with van der Waals surface area (Å²) >= 11 is 0. The number of rotatable bonds is 4. The van der Waals surface area contributed by atoms with Crippen molar-refractivity contribution in [3.8, 4) is 0 Å². The van der Waals surface area contributed by atoms with Crippen LogP contribution in [0.15, 0.2) is 54.6 Å². The number of fused-ring (bicyclic) bond motifs is 1. The van der Waals surface area contributed by atoms with Gasteiger partial charge in [0.25, 0.3) is 5.91 Å². The van der Waals surface area contributed by atoms with Crippen LogP contribution >= 0.6 is 0 Å². The molecule has 29 heavy (non-hydrogen) atoms. The largest absolute Gasteiger partial charge is 0.337 e. The van der Waals surface area contributed by atoms with Crippen molar-refractivity contribution in [1.82, 2.24) is 9.47 Å². The van der Waals surface area contributed by atoms with Crippen molar-refractivity contribution in [1.29, 1.82) is 0 Å². The topological polar surface area (TPSA) is 42.3 Å². The molecule has 152 valence electrons. The summed E-state index contributed by atoms with van der Waals surface area (Å²) in [6.07, 6.45) is 2.42. The number of likely N-dealkylation sites (tertiary alicyclic amines) is 1. The summed E-state index contributed by atoms with van der Waals surface area (Å²) in [6.45, 7) is 5.69. The fraction of sp³-hybridized carbons (Fsp3) is 0.333. The summed E-state index contributed by atoms with van der Waals surface area (Å²) in [7, 11) is 0. The number of hydrogen-bond acceptors (Lipinski definition) is 2. The van der Waals surface area contributed by atoms with Crippen LogP contribution in [0.1, 0.15) is 42.7 Å². The lowest BCUT2D eigenvalue weighted by Crippen LogP contribution is -2.39. The van der Waals surface area contributed by atoms with Gasteiger partial charge in [-0.3, -0.25) is 4.79 Å². The molecule has 0 aliphatic carbocycles. The maximum absolute atomic E-state index is 13.2. The van der Waals surface area contributed by atoms with Crippen LogP contribution in [-0.4, -0.2) is 34.7 Å². The molecule has 3 aromatic rings. The van der Waals surface area contributed by atoms with Crippen molar-refractivity contribution in [2.45, 2.75) is 33.2 Å². The minimum Gasteiger partial charge on any atom is -0.337 e. The summed E-state index contributed by atoms with van der Waals surface area (Å²) in [5.41, 5.74) is 2.55. The molecular weight excluding hydrogens is 367 g/mol. The fourth-order valence-electron chi connectivity index (χ4n) is 3.73. The van der Waals surface area contributed by atoms with Gasteiger partial charge in [-0.15, -0.1) is 0 Å². The van der Waals surface area contributed by atoms with Crippen molar-refractivity contribution in [2.24, 2.45) is 5.92 Å². The van der Waals surface area contributed by atoms with E-state index in [9.17, 15) is 14.0 Å². The van der Waals surface area contributed by atoms with E-state index in [0.29, 0.717) is 38.2 Å². The number of piperidine rings is 1. The zero-order valence-electron chi connectivity index (χ0n) is 17.0. The number of carbonyl (C=O) groups excluding carboxylic acids is 2. The number of hydrogen-bond donors (Lipinski definition) is 0. The molecule has 1 aliphatic heterocycles. The predicted molar refractivity (Wildman–Crippen MR) is 113 cm³/mol. The molecule has 0 N–H and O–H groups in total. The van der Waals surface area contributed by atoms with Crippen molar-refractivity contribution in [3.05, 3.63) is 71.7 Å². The van der Waals surface area contributed by atoms with Crippen LogP contribution in [0.5, 0.6) is 0 Å². The second-order valence-electron chi connectivity index (χ2n) is 7.07. The first kappa shape index (κ1) is 20.8. The lowest BCUT2D eigenvalue weighted by molar-refractivity contribution is -0.112. The maximum Gasteiger partial charge on any atom is 0.270 e. The summed E-state index contributed by atoms with van der Waals surface area (Å²) in [6, 6.07) is 16.2. The van der Waals surface area contributed by atoms with E-state index in [1.165, 1.54) is 12.1 Å². The van der Waals surface area contributed by atoms with Gasteiger partial charge in [0.1, 0.15) is 17.8 Å². The Bertz CT molecular complexity index is 970. The van der Waals surface area contributed by atoms with Gasteiger partial charge in [-0.25, -0.2) is 4.39 Å². The molecule has 0 saturated carbocycles. The number of aldehydes is 1. The number of carbonyl (C=O) groups is 2. The minimum absolute atomic E-state index is 0.0161. The average molecular weight is 394 g/mol. The molecule has 1 aromatic heterocycles. The number of para-hydroxylation sites is 1. The van der Waals surface area contributed by atoms with Crippen LogP contribution in [0.4, 0.5) is 4.39 Å². The lowest BCUT2D eigenvalue weighted by atomic mass is 9.98. The van der Waals surface area contributed by atoms with E-state index in [2.05, 4.69) is 0 Å². The first-order chi connectivity index (χ1) is 14.2. The van der Waals surface area contributed by atoms with Gasteiger partial charge < -0.3 is 14.3 Å². The molecule has 2 heterocycles. The highest BCUT2D eigenvalue weighted by atomic mass is 19.1. The summed E-state index contributed by atoms with van der Waals surface area (Å²) in [5.74, 6) is -0.234. The molecule has 2 aromatic carbocycles. The Morgan fingerprint density at radius 1 is 1.07 bits per heavy atom. The zero-order chi connectivity index (χ0) is 20.8. The van der Waals surface area contributed by atoms with E-state index < -0.39 is 0 Å². The standard InChI is InChI=1S/C22H21FN2O2.C2H6/c23-19-7-5-16(6-8-19)14-25-20-4-2-1-3-18(20)13-21(25)22(27)24-11-9-17(15-26)10-12-24;1-2/h1-8,13,15,17H,9-12,14H2;1-2H3. The highest BCUT2D eigenvalue weighted by Crippen LogP contribution is 2.24. The lowest BCUT2D eigenvalue weighted by Gasteiger charge is -2.30. The van der Waals surface area contributed by atoms with Gasteiger partial charge in [-0.1, -0.05) is 44.2 Å². The Hall–Kier alpha value is -2.95.